The van der Waals surface area contributed by atoms with Gasteiger partial charge in [0.25, 0.3) is 0 Å². The van der Waals surface area contributed by atoms with Crippen LogP contribution in [-0.4, -0.2) is 100 Å². The van der Waals surface area contributed by atoms with Crippen molar-refractivity contribution in [3.8, 4) is 5.75 Å². The number of piperazine rings is 1. The molecule has 0 spiro atoms. The molecule has 0 bridgehead atoms. The van der Waals surface area contributed by atoms with Crippen molar-refractivity contribution in [2.45, 2.75) is 18.9 Å². The van der Waals surface area contributed by atoms with Crippen LogP contribution in [0.2, 0.25) is 10.0 Å². The van der Waals surface area contributed by atoms with Crippen LogP contribution >= 0.6 is 30.3 Å². The summed E-state index contributed by atoms with van der Waals surface area (Å²) in [5.41, 5.74) is 3.18. The summed E-state index contributed by atoms with van der Waals surface area (Å²) < 4.78 is 18.7. The number of anilines is 5. The van der Waals surface area contributed by atoms with Crippen LogP contribution in [0, 0.1) is 0 Å². The Balaban J connectivity index is 1.31. The smallest absolute Gasteiger partial charge is 0.229 e. The Morgan fingerprint density at radius 2 is 1.71 bits per heavy atom. The molecule has 0 aliphatic carbocycles. The van der Waals surface area contributed by atoms with Crippen LogP contribution < -0.4 is 31.0 Å². The SMILES string of the molecule is Bc1cnc(Nc2cc(Cl)c(N3CCC(N4CCN(C)CC4)CC3)cc2OC)nc1Nc1ccc(Cl)cc1P(C)(C)=O. The molecular formula is C29H39BCl2N7O2P. The summed E-state index contributed by atoms with van der Waals surface area (Å²) in [6, 6.07) is 9.82. The molecule has 224 valence electrons. The summed E-state index contributed by atoms with van der Waals surface area (Å²) in [4.78, 5) is 16.6. The summed E-state index contributed by atoms with van der Waals surface area (Å²) in [5, 5.41) is 8.46. The average molecular weight is 630 g/mol. The standard InChI is InChI=1S/C29H39BCl2N7O2P/c1-37-11-13-38(14-12-37)20-7-9-39(10-8-20)25-17-26(41-2)24(16-22(25)32)35-29-33-18-21(30)28(36-29)34-23-6-5-19(31)15-27(23)42(3,4)40/h5-6,15-18,20H,7-14,30H2,1-4H3,(H2,33,34,35,36). The number of aromatic nitrogens is 2. The van der Waals surface area contributed by atoms with E-state index < -0.39 is 7.14 Å². The second-order valence-electron chi connectivity index (χ2n) is 11.5. The first-order chi connectivity index (χ1) is 20.0. The highest BCUT2D eigenvalue weighted by atomic mass is 35.5. The summed E-state index contributed by atoms with van der Waals surface area (Å²) >= 11 is 13.1. The summed E-state index contributed by atoms with van der Waals surface area (Å²) in [5.74, 6) is 1.63. The Bertz CT molecular complexity index is 1470. The maximum Gasteiger partial charge on any atom is 0.229 e. The van der Waals surface area contributed by atoms with Crippen molar-refractivity contribution in [1.29, 1.82) is 0 Å². The van der Waals surface area contributed by atoms with Gasteiger partial charge in [-0.1, -0.05) is 23.2 Å². The lowest BCUT2D eigenvalue weighted by molar-refractivity contribution is 0.0982. The van der Waals surface area contributed by atoms with Crippen LogP contribution in [0.15, 0.2) is 36.5 Å². The molecule has 2 aliphatic rings. The Kier molecular flexibility index (Phi) is 9.60. The molecule has 42 heavy (non-hydrogen) atoms. The Labute approximate surface area is 259 Å². The summed E-state index contributed by atoms with van der Waals surface area (Å²) in [6.45, 7) is 9.93. The largest absolute Gasteiger partial charge is 0.494 e. The topological polar surface area (TPSA) is 85.9 Å². The van der Waals surface area contributed by atoms with E-state index in [0.29, 0.717) is 50.3 Å². The molecule has 2 fully saturated rings. The van der Waals surface area contributed by atoms with Gasteiger partial charge < -0.3 is 29.7 Å². The van der Waals surface area contributed by atoms with Crippen molar-refractivity contribution in [1.82, 2.24) is 19.8 Å². The first-order valence-corrected chi connectivity index (χ1v) is 17.7. The number of methoxy groups -OCH3 is 1. The highest BCUT2D eigenvalue weighted by Gasteiger charge is 2.28. The quantitative estimate of drug-likeness (QED) is 0.284. The van der Waals surface area contributed by atoms with Gasteiger partial charge in [0.05, 0.1) is 29.2 Å². The van der Waals surface area contributed by atoms with Crippen LogP contribution in [0.5, 0.6) is 5.75 Å². The lowest BCUT2D eigenvalue weighted by atomic mass is 9.99. The zero-order valence-electron chi connectivity index (χ0n) is 25.0. The third-order valence-electron chi connectivity index (χ3n) is 8.14. The Morgan fingerprint density at radius 3 is 2.38 bits per heavy atom. The minimum Gasteiger partial charge on any atom is -0.494 e. The van der Waals surface area contributed by atoms with Crippen LogP contribution in [0.4, 0.5) is 28.8 Å². The predicted molar refractivity (Wildman–Crippen MR) is 180 cm³/mol. The van der Waals surface area contributed by atoms with E-state index in [4.69, 9.17) is 32.9 Å². The fraction of sp³-hybridized carbons (Fsp3) is 0.448. The maximum atomic E-state index is 12.9. The van der Waals surface area contributed by atoms with Crippen molar-refractivity contribution >= 4 is 77.8 Å². The molecule has 2 N–H and O–H groups in total. The lowest BCUT2D eigenvalue weighted by Gasteiger charge is -2.42. The van der Waals surface area contributed by atoms with Gasteiger partial charge in [0.1, 0.15) is 26.6 Å². The first kappa shape index (κ1) is 31.0. The van der Waals surface area contributed by atoms with Crippen molar-refractivity contribution in [3.05, 3.63) is 46.6 Å². The van der Waals surface area contributed by atoms with Crippen molar-refractivity contribution in [3.63, 3.8) is 0 Å². The highest BCUT2D eigenvalue weighted by molar-refractivity contribution is 7.70. The van der Waals surface area contributed by atoms with Crippen molar-refractivity contribution < 1.29 is 9.30 Å². The van der Waals surface area contributed by atoms with Gasteiger partial charge in [-0.2, -0.15) is 4.98 Å². The first-order valence-electron chi connectivity index (χ1n) is 14.3. The normalized spacial score (nSPS) is 17.3. The second kappa shape index (κ2) is 13.0. The molecule has 0 saturated carbocycles. The molecule has 1 aromatic heterocycles. The number of rotatable bonds is 8. The number of nitrogens with one attached hydrogen (secondary N) is 2. The monoisotopic (exact) mass is 629 g/mol. The molecule has 9 nitrogen and oxygen atoms in total. The number of hydrogen-bond donors (Lipinski definition) is 2. The molecule has 5 rings (SSSR count). The van der Waals surface area contributed by atoms with E-state index in [-0.39, 0.29) is 0 Å². The number of likely N-dealkylation sites (N-methyl/N-ethyl adjacent to an activating group) is 1. The minimum absolute atomic E-state index is 0.380. The van der Waals surface area contributed by atoms with Gasteiger partial charge in [-0.25, -0.2) is 4.98 Å². The zero-order chi connectivity index (χ0) is 30.0. The zero-order valence-corrected chi connectivity index (χ0v) is 27.4. The van der Waals surface area contributed by atoms with Crippen LogP contribution in [0.3, 0.4) is 0 Å². The molecule has 3 aromatic rings. The highest BCUT2D eigenvalue weighted by Crippen LogP contribution is 2.40. The van der Waals surface area contributed by atoms with Gasteiger partial charge in [-0.15, -0.1) is 0 Å². The van der Waals surface area contributed by atoms with Crippen molar-refractivity contribution in [2.75, 3.05) is 82.3 Å². The molecule has 3 heterocycles. The number of halogens is 2. The van der Waals surface area contributed by atoms with Gasteiger partial charge in [0.15, 0.2) is 0 Å². The third kappa shape index (κ3) is 7.17. The van der Waals surface area contributed by atoms with E-state index >= 15 is 0 Å². The van der Waals surface area contributed by atoms with Crippen LogP contribution in [0.1, 0.15) is 12.8 Å². The molecule has 2 aliphatic heterocycles. The van der Waals surface area contributed by atoms with E-state index in [0.717, 1.165) is 63.3 Å². The molecule has 2 saturated heterocycles. The van der Waals surface area contributed by atoms with E-state index in [1.54, 1.807) is 38.8 Å². The Hall–Kier alpha value is -2.49. The van der Waals surface area contributed by atoms with E-state index in [9.17, 15) is 4.57 Å². The number of nitrogens with zero attached hydrogens (tertiary/aromatic N) is 5. The van der Waals surface area contributed by atoms with Gasteiger partial charge in [-0.05, 0) is 62.9 Å². The number of hydrogen-bond acceptors (Lipinski definition) is 9. The summed E-state index contributed by atoms with van der Waals surface area (Å²) in [6.07, 6.45) is 3.98. The fourth-order valence-corrected chi connectivity index (χ4v) is 7.34. The molecule has 0 unspecified atom stereocenters. The minimum atomic E-state index is -2.59. The second-order valence-corrected chi connectivity index (χ2v) is 15.6. The molecule has 2 aromatic carbocycles. The lowest BCUT2D eigenvalue weighted by Crippen LogP contribution is -2.52. The molecule has 0 radical (unpaired) electrons. The number of ether oxygens (including phenoxy) is 1. The molecule has 0 amide bonds. The van der Waals surface area contributed by atoms with E-state index in [1.807, 2.05) is 26.0 Å². The molecular weight excluding hydrogens is 591 g/mol. The van der Waals surface area contributed by atoms with E-state index in [2.05, 4.69) is 37.4 Å². The third-order valence-corrected chi connectivity index (χ3v) is 10.2. The van der Waals surface area contributed by atoms with Gasteiger partial charge >= 0.3 is 0 Å². The van der Waals surface area contributed by atoms with Crippen LogP contribution in [-0.2, 0) is 4.57 Å². The van der Waals surface area contributed by atoms with Crippen molar-refractivity contribution in [2.24, 2.45) is 0 Å². The van der Waals surface area contributed by atoms with Crippen LogP contribution in [0.25, 0.3) is 0 Å². The van der Waals surface area contributed by atoms with Gasteiger partial charge in [-0.3, -0.25) is 4.90 Å². The molecule has 0 atom stereocenters. The average Bonchev–Trinajstić information content (AvgIpc) is 2.96. The molecule has 13 heteroatoms. The Morgan fingerprint density at radius 1 is 1.00 bits per heavy atom. The summed E-state index contributed by atoms with van der Waals surface area (Å²) in [7, 11) is 3.17. The van der Waals surface area contributed by atoms with Gasteiger partial charge in [0, 0.05) is 67.9 Å². The fourth-order valence-electron chi connectivity index (χ4n) is 5.64. The van der Waals surface area contributed by atoms with E-state index in [1.165, 1.54) is 0 Å². The predicted octanol–water partition coefficient (Wildman–Crippen LogP) is 4.00. The maximum absolute atomic E-state index is 12.9. The number of benzene rings is 2. The number of piperidine rings is 1. The van der Waals surface area contributed by atoms with Gasteiger partial charge in [0.2, 0.25) is 5.95 Å².